The predicted molar refractivity (Wildman–Crippen MR) is 116 cm³/mol. The van der Waals surface area contributed by atoms with Crippen molar-refractivity contribution in [1.29, 1.82) is 0 Å². The molecule has 0 aliphatic carbocycles. The van der Waals surface area contributed by atoms with Gasteiger partial charge in [-0.1, -0.05) is 27.7 Å². The SMILES string of the molecule is Cc1nc2c(c(N3C[C@H](C)O[C@@H](C)C3)n1)CN(C(=O)C[C@@H](C)CC(C)(C)C)CC2. The normalized spacial score (nSPS) is 23.7. The van der Waals surface area contributed by atoms with E-state index >= 15 is 0 Å². The van der Waals surface area contributed by atoms with Crippen molar-refractivity contribution in [2.24, 2.45) is 11.3 Å². The van der Waals surface area contributed by atoms with E-state index in [4.69, 9.17) is 14.7 Å². The number of amides is 1. The Kier molecular flexibility index (Phi) is 6.51. The van der Waals surface area contributed by atoms with E-state index in [9.17, 15) is 4.79 Å². The average molecular weight is 403 g/mol. The van der Waals surface area contributed by atoms with Gasteiger partial charge in [-0.05, 0) is 38.5 Å². The number of ether oxygens (including phenoxy) is 1. The molecule has 2 aliphatic rings. The van der Waals surface area contributed by atoms with Crippen LogP contribution in [0.3, 0.4) is 0 Å². The Labute approximate surface area is 176 Å². The summed E-state index contributed by atoms with van der Waals surface area (Å²) in [6, 6.07) is 0. The maximum Gasteiger partial charge on any atom is 0.223 e. The molecule has 3 rings (SSSR count). The number of hydrogen-bond acceptors (Lipinski definition) is 5. The molecule has 6 nitrogen and oxygen atoms in total. The number of aryl methyl sites for hydroxylation is 1. The van der Waals surface area contributed by atoms with Crippen LogP contribution in [-0.4, -0.2) is 52.6 Å². The van der Waals surface area contributed by atoms with Gasteiger partial charge in [-0.15, -0.1) is 0 Å². The number of fused-ring (bicyclic) bond motifs is 1. The topological polar surface area (TPSA) is 58.6 Å². The second-order valence-corrected chi connectivity index (χ2v) is 10.3. The van der Waals surface area contributed by atoms with Crippen LogP contribution in [0.2, 0.25) is 0 Å². The molecule has 0 spiro atoms. The van der Waals surface area contributed by atoms with E-state index in [0.717, 1.165) is 55.4 Å². The number of nitrogens with zero attached hydrogens (tertiary/aromatic N) is 4. The van der Waals surface area contributed by atoms with Gasteiger partial charge in [-0.2, -0.15) is 0 Å². The first-order valence-corrected chi connectivity index (χ1v) is 11.1. The second-order valence-electron chi connectivity index (χ2n) is 10.3. The number of aromatic nitrogens is 2. The van der Waals surface area contributed by atoms with Crippen LogP contribution in [0.4, 0.5) is 5.82 Å². The molecule has 1 aromatic heterocycles. The lowest BCUT2D eigenvalue weighted by Gasteiger charge is -2.39. The van der Waals surface area contributed by atoms with Gasteiger partial charge < -0.3 is 14.5 Å². The first kappa shape index (κ1) is 22.0. The molecular formula is C23H38N4O2. The van der Waals surface area contributed by atoms with Gasteiger partial charge in [0.05, 0.1) is 24.4 Å². The number of morpholine rings is 1. The molecule has 1 aromatic rings. The van der Waals surface area contributed by atoms with Gasteiger partial charge in [0, 0.05) is 38.0 Å². The molecule has 1 fully saturated rings. The van der Waals surface area contributed by atoms with Crippen LogP contribution in [0.15, 0.2) is 0 Å². The third-order valence-corrected chi connectivity index (χ3v) is 5.71. The molecule has 162 valence electrons. The molecule has 1 amide bonds. The zero-order valence-electron chi connectivity index (χ0n) is 19.3. The zero-order chi connectivity index (χ0) is 21.3. The van der Waals surface area contributed by atoms with Gasteiger partial charge in [-0.25, -0.2) is 9.97 Å². The molecule has 2 aliphatic heterocycles. The maximum absolute atomic E-state index is 13.0. The highest BCUT2D eigenvalue weighted by molar-refractivity contribution is 5.77. The van der Waals surface area contributed by atoms with Crippen molar-refractivity contribution in [2.75, 3.05) is 24.5 Å². The summed E-state index contributed by atoms with van der Waals surface area (Å²) >= 11 is 0. The first-order valence-electron chi connectivity index (χ1n) is 11.1. The van der Waals surface area contributed by atoms with Crippen molar-refractivity contribution in [2.45, 2.75) is 86.5 Å². The van der Waals surface area contributed by atoms with E-state index in [-0.39, 0.29) is 23.5 Å². The summed E-state index contributed by atoms with van der Waals surface area (Å²) in [5, 5.41) is 0. The minimum atomic E-state index is 0.171. The Morgan fingerprint density at radius 2 is 1.86 bits per heavy atom. The van der Waals surface area contributed by atoms with Crippen LogP contribution in [0.25, 0.3) is 0 Å². The summed E-state index contributed by atoms with van der Waals surface area (Å²) in [6.45, 7) is 18.1. The molecule has 0 radical (unpaired) electrons. The Hall–Kier alpha value is -1.69. The molecule has 6 heteroatoms. The summed E-state index contributed by atoms with van der Waals surface area (Å²) in [6.07, 6.45) is 2.81. The van der Waals surface area contributed by atoms with E-state index in [2.05, 4.69) is 46.4 Å². The Morgan fingerprint density at radius 3 is 2.48 bits per heavy atom. The van der Waals surface area contributed by atoms with E-state index in [0.29, 0.717) is 18.9 Å². The highest BCUT2D eigenvalue weighted by Crippen LogP contribution is 2.31. The van der Waals surface area contributed by atoms with Crippen LogP contribution in [0.5, 0.6) is 0 Å². The quantitative estimate of drug-likeness (QED) is 0.768. The molecule has 3 heterocycles. The van der Waals surface area contributed by atoms with Crippen molar-refractivity contribution in [3.63, 3.8) is 0 Å². The Bertz CT molecular complexity index is 733. The zero-order valence-corrected chi connectivity index (χ0v) is 19.3. The van der Waals surface area contributed by atoms with Crippen molar-refractivity contribution < 1.29 is 9.53 Å². The number of carbonyl (C=O) groups is 1. The summed E-state index contributed by atoms with van der Waals surface area (Å²) < 4.78 is 5.91. The van der Waals surface area contributed by atoms with Gasteiger partial charge in [0.1, 0.15) is 11.6 Å². The molecule has 1 saturated heterocycles. The first-order chi connectivity index (χ1) is 13.5. The van der Waals surface area contributed by atoms with E-state index in [1.807, 2.05) is 11.8 Å². The van der Waals surface area contributed by atoms with Crippen LogP contribution >= 0.6 is 0 Å². The fourth-order valence-corrected chi connectivity index (χ4v) is 4.89. The van der Waals surface area contributed by atoms with Gasteiger partial charge in [-0.3, -0.25) is 4.79 Å². The summed E-state index contributed by atoms with van der Waals surface area (Å²) in [5.41, 5.74) is 2.47. The fraction of sp³-hybridized carbons (Fsp3) is 0.783. The third kappa shape index (κ3) is 5.68. The van der Waals surface area contributed by atoms with Crippen molar-refractivity contribution in [3.05, 3.63) is 17.1 Å². The molecule has 3 atom stereocenters. The van der Waals surface area contributed by atoms with Gasteiger partial charge in [0.2, 0.25) is 5.91 Å². The lowest BCUT2D eigenvalue weighted by atomic mass is 9.84. The van der Waals surface area contributed by atoms with Gasteiger partial charge >= 0.3 is 0 Å². The van der Waals surface area contributed by atoms with E-state index < -0.39 is 0 Å². The lowest BCUT2D eigenvalue weighted by molar-refractivity contribution is -0.133. The molecule has 0 aromatic carbocycles. The van der Waals surface area contributed by atoms with Gasteiger partial charge in [0.25, 0.3) is 0 Å². The average Bonchev–Trinajstić information content (AvgIpc) is 2.57. The smallest absolute Gasteiger partial charge is 0.223 e. The third-order valence-electron chi connectivity index (χ3n) is 5.71. The number of hydrogen-bond donors (Lipinski definition) is 0. The molecule has 0 N–H and O–H groups in total. The van der Waals surface area contributed by atoms with E-state index in [1.54, 1.807) is 0 Å². The minimum Gasteiger partial charge on any atom is -0.372 e. The molecular weight excluding hydrogens is 364 g/mol. The lowest BCUT2D eigenvalue weighted by Crippen LogP contribution is -2.47. The predicted octanol–water partition coefficient (Wildman–Crippen LogP) is 3.75. The minimum absolute atomic E-state index is 0.171. The fourth-order valence-electron chi connectivity index (χ4n) is 4.89. The summed E-state index contributed by atoms with van der Waals surface area (Å²) in [7, 11) is 0. The molecule has 29 heavy (non-hydrogen) atoms. The highest BCUT2D eigenvalue weighted by Gasteiger charge is 2.31. The van der Waals surface area contributed by atoms with Gasteiger partial charge in [0.15, 0.2) is 0 Å². The number of anilines is 1. The monoisotopic (exact) mass is 402 g/mol. The molecule has 0 unspecified atom stereocenters. The number of rotatable bonds is 4. The highest BCUT2D eigenvalue weighted by atomic mass is 16.5. The van der Waals surface area contributed by atoms with Crippen LogP contribution in [-0.2, 0) is 22.5 Å². The van der Waals surface area contributed by atoms with Crippen molar-refractivity contribution >= 4 is 11.7 Å². The second kappa shape index (κ2) is 8.58. The van der Waals surface area contributed by atoms with Crippen molar-refractivity contribution in [3.8, 4) is 0 Å². The number of carbonyl (C=O) groups excluding carboxylic acids is 1. The molecule has 0 saturated carbocycles. The molecule has 0 bridgehead atoms. The van der Waals surface area contributed by atoms with Crippen LogP contribution in [0.1, 0.15) is 71.5 Å². The summed E-state index contributed by atoms with van der Waals surface area (Å²) in [5.74, 6) is 2.44. The largest absolute Gasteiger partial charge is 0.372 e. The standard InChI is InChI=1S/C23H38N4O2/c1-15(11-23(5,6)7)10-21(28)26-9-8-20-19(14-26)22(25-18(4)24-20)27-12-16(2)29-17(3)13-27/h15-17H,8-14H2,1-7H3/t15-,16+,17+/m1/s1. The maximum atomic E-state index is 13.0. The Morgan fingerprint density at radius 1 is 1.21 bits per heavy atom. The summed E-state index contributed by atoms with van der Waals surface area (Å²) in [4.78, 5) is 26.9. The van der Waals surface area contributed by atoms with E-state index in [1.165, 1.54) is 0 Å². The van der Waals surface area contributed by atoms with Crippen LogP contribution < -0.4 is 4.90 Å². The Balaban J connectivity index is 1.77. The van der Waals surface area contributed by atoms with Crippen LogP contribution in [0, 0.1) is 18.3 Å². The van der Waals surface area contributed by atoms with Crippen molar-refractivity contribution in [1.82, 2.24) is 14.9 Å².